The molecule has 0 aromatic rings. The van der Waals surface area contributed by atoms with Crippen LogP contribution < -0.4 is 0 Å². The van der Waals surface area contributed by atoms with Crippen LogP contribution in [0.15, 0.2) is 24.3 Å². The van der Waals surface area contributed by atoms with Gasteiger partial charge in [0.1, 0.15) is 12.2 Å². The van der Waals surface area contributed by atoms with Crippen molar-refractivity contribution in [3.05, 3.63) is 24.3 Å². The van der Waals surface area contributed by atoms with Crippen LogP contribution in [-0.2, 0) is 33.3 Å². The number of allylic oxidation sites excluding steroid dienone is 4. The van der Waals surface area contributed by atoms with Crippen LogP contribution >= 0.6 is 0 Å². The summed E-state index contributed by atoms with van der Waals surface area (Å²) in [5.74, 6) is -0.646. The van der Waals surface area contributed by atoms with Crippen molar-refractivity contribution in [3.63, 3.8) is 0 Å². The van der Waals surface area contributed by atoms with E-state index in [2.05, 4.69) is 63.8 Å². The Bertz CT molecular complexity index is 1080. The molecule has 2 unspecified atom stereocenters. The van der Waals surface area contributed by atoms with E-state index >= 15 is 0 Å². The SMILES string of the molecule is CCCC/C=C\C/C=C\CCCCCCCC(=O)OC1CCN(C(=O)OCCCN(CC)CC)CCC1OC(=O)CCC(OCCCCCCCC)OCCCCCCCC. The molecule has 1 saturated heterocycles. The standard InChI is InChI=1S/C51H94N2O8/c1-6-11-14-17-20-21-22-23-24-25-26-27-28-31-35-48(54)60-46-38-41-53(51(56)59-45-34-40-52(9-4)10-5)42-39-47(46)61-49(55)36-37-50(57-43-32-29-18-15-12-7-2)58-44-33-30-19-16-13-8-3/h17,20,22-23,46-47,50H,6-16,18-19,21,24-45H2,1-5H3/b20-17-,23-22-. The number of unbranched alkanes of at least 4 members (excludes halogenated alkanes) is 17. The number of amides is 1. The third kappa shape index (κ3) is 32.8. The molecule has 2 atom stereocenters. The number of hydrogen-bond donors (Lipinski definition) is 0. The maximum absolute atomic E-state index is 13.4. The van der Waals surface area contributed by atoms with E-state index in [1.807, 2.05) is 0 Å². The van der Waals surface area contributed by atoms with Gasteiger partial charge in [-0.3, -0.25) is 9.59 Å². The molecule has 0 aromatic carbocycles. The monoisotopic (exact) mass is 863 g/mol. The van der Waals surface area contributed by atoms with Gasteiger partial charge in [-0.15, -0.1) is 0 Å². The average molecular weight is 863 g/mol. The van der Waals surface area contributed by atoms with E-state index in [0.29, 0.717) is 58.6 Å². The Morgan fingerprint density at radius 2 is 1.05 bits per heavy atom. The van der Waals surface area contributed by atoms with Gasteiger partial charge in [0.25, 0.3) is 0 Å². The summed E-state index contributed by atoms with van der Waals surface area (Å²) in [5.41, 5.74) is 0. The van der Waals surface area contributed by atoms with Crippen molar-refractivity contribution in [2.24, 2.45) is 0 Å². The van der Waals surface area contributed by atoms with Gasteiger partial charge in [0.2, 0.25) is 0 Å². The first-order valence-corrected chi connectivity index (χ1v) is 25.4. The van der Waals surface area contributed by atoms with Gasteiger partial charge in [-0.2, -0.15) is 0 Å². The Morgan fingerprint density at radius 1 is 0.557 bits per heavy atom. The van der Waals surface area contributed by atoms with Crippen LogP contribution in [0.2, 0.25) is 0 Å². The summed E-state index contributed by atoms with van der Waals surface area (Å²) >= 11 is 0. The second kappa shape index (κ2) is 41.6. The normalized spacial score (nSPS) is 16.0. The molecule has 61 heavy (non-hydrogen) atoms. The van der Waals surface area contributed by atoms with Crippen molar-refractivity contribution in [2.45, 2.75) is 233 Å². The number of nitrogens with zero attached hydrogens (tertiary/aromatic N) is 2. The van der Waals surface area contributed by atoms with E-state index in [1.54, 1.807) is 4.90 Å². The molecular formula is C51H94N2O8. The predicted octanol–water partition coefficient (Wildman–Crippen LogP) is 13.1. The molecule has 1 aliphatic heterocycles. The van der Waals surface area contributed by atoms with E-state index in [-0.39, 0.29) is 24.5 Å². The summed E-state index contributed by atoms with van der Waals surface area (Å²) in [6, 6.07) is 0. The van der Waals surface area contributed by atoms with E-state index in [0.717, 1.165) is 96.7 Å². The summed E-state index contributed by atoms with van der Waals surface area (Å²) in [4.78, 5) is 43.7. The van der Waals surface area contributed by atoms with Crippen molar-refractivity contribution in [1.82, 2.24) is 9.80 Å². The Hall–Kier alpha value is -2.43. The largest absolute Gasteiger partial charge is 0.458 e. The smallest absolute Gasteiger partial charge is 0.409 e. The lowest BCUT2D eigenvalue weighted by molar-refractivity contribution is -0.173. The molecule has 1 amide bonds. The van der Waals surface area contributed by atoms with Crippen molar-refractivity contribution in [3.8, 4) is 0 Å². The minimum Gasteiger partial charge on any atom is -0.458 e. The predicted molar refractivity (Wildman–Crippen MR) is 251 cm³/mol. The molecule has 10 heteroatoms. The third-order valence-corrected chi connectivity index (χ3v) is 11.6. The number of rotatable bonds is 40. The van der Waals surface area contributed by atoms with E-state index < -0.39 is 18.5 Å². The number of ether oxygens (including phenoxy) is 5. The zero-order valence-corrected chi connectivity index (χ0v) is 40.2. The third-order valence-electron chi connectivity index (χ3n) is 11.6. The summed E-state index contributed by atoms with van der Waals surface area (Å²) in [6.45, 7) is 16.0. The van der Waals surface area contributed by atoms with Crippen LogP contribution in [0.25, 0.3) is 0 Å². The molecule has 0 N–H and O–H groups in total. The maximum atomic E-state index is 13.4. The second-order valence-electron chi connectivity index (χ2n) is 17.0. The molecule has 10 nitrogen and oxygen atoms in total. The number of carbonyl (C=O) groups excluding carboxylic acids is 3. The van der Waals surface area contributed by atoms with Crippen LogP contribution in [0.3, 0.4) is 0 Å². The van der Waals surface area contributed by atoms with Crippen LogP contribution in [-0.4, -0.2) is 98.9 Å². The molecule has 0 aliphatic carbocycles. The van der Waals surface area contributed by atoms with Crippen LogP contribution in [0.5, 0.6) is 0 Å². The van der Waals surface area contributed by atoms with Gasteiger partial charge in [0.05, 0.1) is 13.0 Å². The summed E-state index contributed by atoms with van der Waals surface area (Å²) in [5, 5.41) is 0. The number of carbonyl (C=O) groups is 3. The molecule has 356 valence electrons. The maximum Gasteiger partial charge on any atom is 0.409 e. The van der Waals surface area contributed by atoms with Gasteiger partial charge in [0.15, 0.2) is 6.29 Å². The first-order chi connectivity index (χ1) is 29.9. The quantitative estimate of drug-likeness (QED) is 0.0196. The molecular weight excluding hydrogens is 769 g/mol. The van der Waals surface area contributed by atoms with E-state index in [4.69, 9.17) is 23.7 Å². The lowest BCUT2D eigenvalue weighted by atomic mass is 10.1. The number of likely N-dealkylation sites (tertiary alicyclic amines) is 1. The molecule has 0 radical (unpaired) electrons. The Balaban J connectivity index is 2.73. The van der Waals surface area contributed by atoms with Crippen molar-refractivity contribution in [1.29, 1.82) is 0 Å². The van der Waals surface area contributed by atoms with Gasteiger partial charge >= 0.3 is 18.0 Å². The summed E-state index contributed by atoms with van der Waals surface area (Å²) in [7, 11) is 0. The van der Waals surface area contributed by atoms with Crippen molar-refractivity contribution >= 4 is 18.0 Å². The fourth-order valence-corrected chi connectivity index (χ4v) is 7.57. The summed E-state index contributed by atoms with van der Waals surface area (Å²) < 4.78 is 30.1. The molecule has 1 rings (SSSR count). The topological polar surface area (TPSA) is 104 Å². The van der Waals surface area contributed by atoms with Crippen LogP contribution in [0.4, 0.5) is 4.79 Å². The Kier molecular flexibility index (Phi) is 38.6. The Morgan fingerprint density at radius 3 is 1.61 bits per heavy atom. The van der Waals surface area contributed by atoms with Gasteiger partial charge < -0.3 is 33.5 Å². The Labute approximate surface area is 374 Å². The van der Waals surface area contributed by atoms with E-state index in [1.165, 1.54) is 70.6 Å². The van der Waals surface area contributed by atoms with Crippen molar-refractivity contribution in [2.75, 3.05) is 52.5 Å². The molecule has 1 heterocycles. The van der Waals surface area contributed by atoms with E-state index in [9.17, 15) is 14.4 Å². The lowest BCUT2D eigenvalue weighted by Gasteiger charge is -2.25. The van der Waals surface area contributed by atoms with Gasteiger partial charge in [-0.1, -0.05) is 155 Å². The minimum absolute atomic E-state index is 0.138. The lowest BCUT2D eigenvalue weighted by Crippen LogP contribution is -2.35. The number of esters is 2. The molecule has 0 saturated carbocycles. The first kappa shape index (κ1) is 56.6. The highest BCUT2D eigenvalue weighted by atomic mass is 16.7. The second-order valence-corrected chi connectivity index (χ2v) is 17.0. The van der Waals surface area contributed by atoms with Gasteiger partial charge in [-0.05, 0) is 64.5 Å². The minimum atomic E-state index is -0.650. The highest BCUT2D eigenvalue weighted by Gasteiger charge is 2.34. The van der Waals surface area contributed by atoms with Crippen LogP contribution in [0.1, 0.15) is 214 Å². The van der Waals surface area contributed by atoms with Crippen LogP contribution in [0, 0.1) is 0 Å². The fraction of sp³-hybridized carbons (Fsp3) is 0.863. The van der Waals surface area contributed by atoms with Crippen molar-refractivity contribution < 1.29 is 38.1 Å². The summed E-state index contributed by atoms with van der Waals surface area (Å²) in [6.07, 6.45) is 34.3. The zero-order valence-electron chi connectivity index (χ0n) is 40.2. The average Bonchev–Trinajstić information content (AvgIpc) is 3.46. The first-order valence-electron chi connectivity index (χ1n) is 25.4. The molecule has 1 aliphatic rings. The highest BCUT2D eigenvalue weighted by Crippen LogP contribution is 2.22. The highest BCUT2D eigenvalue weighted by molar-refractivity contribution is 5.71. The fourth-order valence-electron chi connectivity index (χ4n) is 7.57. The molecule has 1 fully saturated rings. The number of hydrogen-bond acceptors (Lipinski definition) is 9. The van der Waals surface area contributed by atoms with Gasteiger partial charge in [0, 0.05) is 58.5 Å². The van der Waals surface area contributed by atoms with Gasteiger partial charge in [-0.25, -0.2) is 4.79 Å². The molecule has 0 bridgehead atoms. The zero-order chi connectivity index (χ0) is 44.4. The molecule has 0 spiro atoms. The molecule has 0 aromatic heterocycles.